The van der Waals surface area contributed by atoms with Gasteiger partial charge in [0.25, 0.3) is 11.8 Å². The number of carbonyl (C=O) groups is 3. The summed E-state index contributed by atoms with van der Waals surface area (Å²) in [6.45, 7) is 1.09. The molecule has 0 unspecified atom stereocenters. The lowest BCUT2D eigenvalue weighted by Gasteiger charge is -2.17. The van der Waals surface area contributed by atoms with Crippen LogP contribution in [-0.2, 0) is 14.3 Å². The molecule has 0 aromatic heterocycles. The Morgan fingerprint density at radius 3 is 2.67 bits per heavy atom. The maximum Gasteiger partial charge on any atom is 0.326 e. The summed E-state index contributed by atoms with van der Waals surface area (Å²) in [5.74, 6) is -2.20. The summed E-state index contributed by atoms with van der Waals surface area (Å²) in [6.07, 6.45) is 3.13. The zero-order valence-corrected chi connectivity index (χ0v) is 13.5. The molecule has 1 atom stereocenters. The molecule has 0 aliphatic heterocycles. The van der Waals surface area contributed by atoms with Crippen LogP contribution in [0.4, 0.5) is 4.39 Å². The summed E-state index contributed by atoms with van der Waals surface area (Å²) >= 11 is 0. The van der Waals surface area contributed by atoms with E-state index >= 15 is 0 Å². The zero-order valence-electron chi connectivity index (χ0n) is 13.5. The first-order chi connectivity index (χ1) is 11.5. The van der Waals surface area contributed by atoms with E-state index < -0.39 is 30.3 Å². The van der Waals surface area contributed by atoms with Crippen LogP contribution >= 0.6 is 0 Å². The van der Waals surface area contributed by atoms with Gasteiger partial charge in [-0.15, -0.1) is 0 Å². The molecule has 7 heteroatoms. The maximum atomic E-state index is 13.0. The molecule has 0 heterocycles. The number of hydrogen-bond acceptors (Lipinski definition) is 4. The summed E-state index contributed by atoms with van der Waals surface area (Å²) in [4.78, 5) is 35.4. The van der Waals surface area contributed by atoms with Gasteiger partial charge in [0.1, 0.15) is 12.4 Å². The molecule has 130 valence electrons. The molecule has 1 aliphatic carbocycles. The maximum absolute atomic E-state index is 13.0. The van der Waals surface area contributed by atoms with Gasteiger partial charge in [-0.05, 0) is 38.0 Å². The van der Waals surface area contributed by atoms with Gasteiger partial charge < -0.3 is 15.4 Å². The SMILES string of the molecule is C[C@H](OC(=O)CNC(=O)c1cccc(F)c1)C(=O)NC1CCCC1. The third-order valence-corrected chi connectivity index (χ3v) is 3.86. The van der Waals surface area contributed by atoms with Gasteiger partial charge in [0, 0.05) is 11.6 Å². The molecular weight excluding hydrogens is 315 g/mol. The van der Waals surface area contributed by atoms with Crippen LogP contribution in [0.25, 0.3) is 0 Å². The molecule has 2 rings (SSSR count). The number of ether oxygens (including phenoxy) is 1. The molecule has 0 saturated heterocycles. The van der Waals surface area contributed by atoms with Crippen LogP contribution in [0, 0.1) is 5.82 Å². The summed E-state index contributed by atoms with van der Waals surface area (Å²) < 4.78 is 18.0. The van der Waals surface area contributed by atoms with Crippen LogP contribution in [0.2, 0.25) is 0 Å². The van der Waals surface area contributed by atoms with E-state index in [-0.39, 0.29) is 17.5 Å². The van der Waals surface area contributed by atoms with E-state index in [0.29, 0.717) is 0 Å². The van der Waals surface area contributed by atoms with Gasteiger partial charge in [-0.25, -0.2) is 4.39 Å². The van der Waals surface area contributed by atoms with Crippen LogP contribution in [-0.4, -0.2) is 36.5 Å². The number of hydrogen-bond donors (Lipinski definition) is 2. The van der Waals surface area contributed by atoms with Gasteiger partial charge in [-0.1, -0.05) is 18.9 Å². The molecule has 24 heavy (non-hydrogen) atoms. The van der Waals surface area contributed by atoms with Crippen LogP contribution in [0.5, 0.6) is 0 Å². The van der Waals surface area contributed by atoms with E-state index in [9.17, 15) is 18.8 Å². The lowest BCUT2D eigenvalue weighted by molar-refractivity contribution is -0.154. The Balaban J connectivity index is 1.73. The van der Waals surface area contributed by atoms with E-state index in [1.54, 1.807) is 0 Å². The highest BCUT2D eigenvalue weighted by Crippen LogP contribution is 2.17. The number of carbonyl (C=O) groups excluding carboxylic acids is 3. The van der Waals surface area contributed by atoms with Crippen molar-refractivity contribution in [1.82, 2.24) is 10.6 Å². The second kappa shape index (κ2) is 8.42. The summed E-state index contributed by atoms with van der Waals surface area (Å²) in [6, 6.07) is 5.26. The Labute approximate surface area is 139 Å². The second-order valence-electron chi connectivity index (χ2n) is 5.82. The smallest absolute Gasteiger partial charge is 0.326 e. The second-order valence-corrected chi connectivity index (χ2v) is 5.82. The number of amides is 2. The average molecular weight is 336 g/mol. The number of esters is 1. The van der Waals surface area contributed by atoms with E-state index in [1.807, 2.05) is 0 Å². The Kier molecular flexibility index (Phi) is 6.28. The molecule has 1 aromatic rings. The first kappa shape index (κ1) is 17.9. The van der Waals surface area contributed by atoms with Crippen molar-refractivity contribution in [3.05, 3.63) is 35.6 Å². The number of rotatable bonds is 6. The molecule has 1 saturated carbocycles. The highest BCUT2D eigenvalue weighted by atomic mass is 19.1. The molecular formula is C17H21FN2O4. The van der Waals surface area contributed by atoms with Crippen molar-refractivity contribution in [3.8, 4) is 0 Å². The van der Waals surface area contributed by atoms with Gasteiger partial charge >= 0.3 is 5.97 Å². The van der Waals surface area contributed by atoms with Gasteiger partial charge in [-0.3, -0.25) is 14.4 Å². The molecule has 1 aromatic carbocycles. The predicted octanol–water partition coefficient (Wildman–Crippen LogP) is 1.55. The van der Waals surface area contributed by atoms with E-state index in [1.165, 1.54) is 25.1 Å². The molecule has 2 N–H and O–H groups in total. The third-order valence-electron chi connectivity index (χ3n) is 3.86. The fourth-order valence-corrected chi connectivity index (χ4v) is 2.57. The third kappa shape index (κ3) is 5.33. The van der Waals surface area contributed by atoms with Crippen molar-refractivity contribution in [2.24, 2.45) is 0 Å². The zero-order chi connectivity index (χ0) is 17.5. The molecule has 2 amide bonds. The average Bonchev–Trinajstić information content (AvgIpc) is 3.05. The van der Waals surface area contributed by atoms with E-state index in [0.717, 1.165) is 31.7 Å². The van der Waals surface area contributed by atoms with Crippen molar-refractivity contribution in [3.63, 3.8) is 0 Å². The molecule has 6 nitrogen and oxygen atoms in total. The Morgan fingerprint density at radius 1 is 1.29 bits per heavy atom. The van der Waals surface area contributed by atoms with Crippen molar-refractivity contribution in [2.75, 3.05) is 6.54 Å². The van der Waals surface area contributed by atoms with Gasteiger partial charge in [0.15, 0.2) is 6.10 Å². The van der Waals surface area contributed by atoms with Crippen LogP contribution in [0.3, 0.4) is 0 Å². The normalized spacial score (nSPS) is 15.6. The van der Waals surface area contributed by atoms with Gasteiger partial charge in [0.2, 0.25) is 0 Å². The van der Waals surface area contributed by atoms with Crippen molar-refractivity contribution in [1.29, 1.82) is 0 Å². The number of benzene rings is 1. The molecule has 1 aliphatic rings. The lowest BCUT2D eigenvalue weighted by atomic mass is 10.2. The van der Waals surface area contributed by atoms with E-state index in [4.69, 9.17) is 4.74 Å². The topological polar surface area (TPSA) is 84.5 Å². The van der Waals surface area contributed by atoms with Gasteiger partial charge in [0.05, 0.1) is 0 Å². The molecule has 1 fully saturated rings. The van der Waals surface area contributed by atoms with E-state index in [2.05, 4.69) is 10.6 Å². The number of halogens is 1. The quantitative estimate of drug-likeness (QED) is 0.772. The van der Waals surface area contributed by atoms with Crippen LogP contribution in [0.15, 0.2) is 24.3 Å². The minimum absolute atomic E-state index is 0.106. The standard InChI is InChI=1S/C17H21FN2O4/c1-11(16(22)20-14-7-2-3-8-14)24-15(21)10-19-17(23)12-5-4-6-13(18)9-12/h4-6,9,11,14H,2-3,7-8,10H2,1H3,(H,19,23)(H,20,22)/t11-/m0/s1. The molecule has 0 radical (unpaired) electrons. The Hall–Kier alpha value is -2.44. The molecule has 0 bridgehead atoms. The minimum Gasteiger partial charge on any atom is -0.451 e. The first-order valence-electron chi connectivity index (χ1n) is 7.99. The van der Waals surface area contributed by atoms with Crippen molar-refractivity contribution in [2.45, 2.75) is 44.8 Å². The fourth-order valence-electron chi connectivity index (χ4n) is 2.57. The summed E-state index contributed by atoms with van der Waals surface area (Å²) in [7, 11) is 0. The Bertz CT molecular complexity index is 614. The molecule has 0 spiro atoms. The summed E-state index contributed by atoms with van der Waals surface area (Å²) in [5.41, 5.74) is 0.106. The largest absolute Gasteiger partial charge is 0.451 e. The highest BCUT2D eigenvalue weighted by molar-refractivity contribution is 5.96. The van der Waals surface area contributed by atoms with Crippen molar-refractivity contribution < 1.29 is 23.5 Å². The number of nitrogens with one attached hydrogen (secondary N) is 2. The first-order valence-corrected chi connectivity index (χ1v) is 7.99. The van der Waals surface area contributed by atoms with Crippen LogP contribution in [0.1, 0.15) is 43.0 Å². The predicted molar refractivity (Wildman–Crippen MR) is 84.7 cm³/mol. The lowest BCUT2D eigenvalue weighted by Crippen LogP contribution is -2.42. The fraction of sp³-hybridized carbons (Fsp3) is 0.471. The highest BCUT2D eigenvalue weighted by Gasteiger charge is 2.23. The van der Waals surface area contributed by atoms with Gasteiger partial charge in [-0.2, -0.15) is 0 Å². The monoisotopic (exact) mass is 336 g/mol. The Morgan fingerprint density at radius 2 is 2.00 bits per heavy atom. The minimum atomic E-state index is -0.927. The van der Waals surface area contributed by atoms with Crippen molar-refractivity contribution >= 4 is 17.8 Å². The summed E-state index contributed by atoms with van der Waals surface area (Å²) in [5, 5.41) is 5.17. The van der Waals surface area contributed by atoms with Crippen LogP contribution < -0.4 is 10.6 Å².